The molecule has 0 bridgehead atoms. The molecule has 8 aromatic carbocycles. The van der Waals surface area contributed by atoms with E-state index in [2.05, 4.69) is 143 Å². The molecule has 238 valence electrons. The maximum absolute atomic E-state index is 6.24. The molecule has 1 heterocycles. The molecule has 0 fully saturated rings. The first-order valence-corrected chi connectivity index (χ1v) is 17.4. The Kier molecular flexibility index (Phi) is 7.62. The Morgan fingerprint density at radius 3 is 1.62 bits per heavy atom. The molecule has 50 heavy (non-hydrogen) atoms. The average Bonchev–Trinajstić information content (AvgIpc) is 3.50. The van der Waals surface area contributed by atoms with Crippen molar-refractivity contribution in [1.82, 2.24) is 4.57 Å². The van der Waals surface area contributed by atoms with Crippen molar-refractivity contribution in [3.05, 3.63) is 192 Å². The van der Waals surface area contributed by atoms with E-state index in [1.165, 1.54) is 49.3 Å². The van der Waals surface area contributed by atoms with Crippen LogP contribution in [0.5, 0.6) is 0 Å². The lowest BCUT2D eigenvalue weighted by molar-refractivity contribution is 1.18. The average molecular weight is 682 g/mol. The van der Waals surface area contributed by atoms with Gasteiger partial charge < -0.3 is 9.47 Å². The van der Waals surface area contributed by atoms with Gasteiger partial charge in [-0.2, -0.15) is 0 Å². The SMILES string of the molecule is Clc1ccc(N(c2ccc(Cl)cc2)c2ccc(-c3ccc4c(c3)c3ccccc3n4-c3cccc(-c4ccc5ccccc5c4)c3)cc2)cc1. The summed E-state index contributed by atoms with van der Waals surface area (Å²) in [6, 6.07) is 64.1. The van der Waals surface area contributed by atoms with Gasteiger partial charge in [0.15, 0.2) is 0 Å². The number of benzene rings is 8. The molecule has 4 heteroatoms. The van der Waals surface area contributed by atoms with Crippen LogP contribution in [0.2, 0.25) is 10.0 Å². The Morgan fingerprint density at radius 1 is 0.360 bits per heavy atom. The zero-order chi connectivity index (χ0) is 33.6. The second-order valence-corrected chi connectivity index (χ2v) is 13.4. The highest BCUT2D eigenvalue weighted by molar-refractivity contribution is 6.31. The van der Waals surface area contributed by atoms with Crippen LogP contribution in [0.1, 0.15) is 0 Å². The van der Waals surface area contributed by atoms with Crippen LogP contribution in [-0.4, -0.2) is 4.57 Å². The van der Waals surface area contributed by atoms with Crippen LogP contribution >= 0.6 is 23.2 Å². The second kappa shape index (κ2) is 12.6. The number of hydrogen-bond acceptors (Lipinski definition) is 1. The van der Waals surface area contributed by atoms with Gasteiger partial charge in [-0.15, -0.1) is 0 Å². The van der Waals surface area contributed by atoms with Crippen molar-refractivity contribution in [3.8, 4) is 27.9 Å². The summed E-state index contributed by atoms with van der Waals surface area (Å²) in [5.74, 6) is 0. The zero-order valence-corrected chi connectivity index (χ0v) is 28.5. The van der Waals surface area contributed by atoms with E-state index in [-0.39, 0.29) is 0 Å². The maximum atomic E-state index is 6.24. The highest BCUT2D eigenvalue weighted by Gasteiger charge is 2.16. The van der Waals surface area contributed by atoms with Crippen molar-refractivity contribution in [1.29, 1.82) is 0 Å². The largest absolute Gasteiger partial charge is 0.311 e. The van der Waals surface area contributed by atoms with Gasteiger partial charge in [0.2, 0.25) is 0 Å². The Morgan fingerprint density at radius 2 is 0.900 bits per heavy atom. The molecule has 0 aliphatic heterocycles. The third-order valence-corrected chi connectivity index (χ3v) is 9.99. The maximum Gasteiger partial charge on any atom is 0.0541 e. The summed E-state index contributed by atoms with van der Waals surface area (Å²) in [6.45, 7) is 0. The van der Waals surface area contributed by atoms with Crippen molar-refractivity contribution in [3.63, 3.8) is 0 Å². The number of para-hydroxylation sites is 1. The fourth-order valence-electron chi connectivity index (χ4n) is 7.05. The Bertz CT molecular complexity index is 2610. The number of hydrogen-bond donors (Lipinski definition) is 0. The molecule has 0 aliphatic rings. The minimum absolute atomic E-state index is 0.703. The summed E-state index contributed by atoms with van der Waals surface area (Å²) < 4.78 is 2.39. The van der Waals surface area contributed by atoms with Gasteiger partial charge in [0.1, 0.15) is 0 Å². The fraction of sp³-hybridized carbons (Fsp3) is 0. The number of rotatable bonds is 6. The van der Waals surface area contributed by atoms with Crippen molar-refractivity contribution in [2.24, 2.45) is 0 Å². The van der Waals surface area contributed by atoms with Gasteiger partial charge in [0.05, 0.1) is 11.0 Å². The van der Waals surface area contributed by atoms with E-state index in [1.807, 2.05) is 48.5 Å². The van der Waals surface area contributed by atoms with E-state index in [4.69, 9.17) is 23.2 Å². The monoisotopic (exact) mass is 680 g/mol. The third-order valence-electron chi connectivity index (χ3n) is 9.49. The summed E-state index contributed by atoms with van der Waals surface area (Å²) >= 11 is 12.5. The number of aromatic nitrogens is 1. The lowest BCUT2D eigenvalue weighted by Crippen LogP contribution is -2.09. The minimum atomic E-state index is 0.703. The molecule has 0 radical (unpaired) electrons. The summed E-state index contributed by atoms with van der Waals surface area (Å²) in [5, 5.41) is 6.36. The normalized spacial score (nSPS) is 11.4. The summed E-state index contributed by atoms with van der Waals surface area (Å²) in [6.07, 6.45) is 0. The second-order valence-electron chi connectivity index (χ2n) is 12.5. The van der Waals surface area contributed by atoms with E-state index in [1.54, 1.807) is 0 Å². The van der Waals surface area contributed by atoms with Crippen molar-refractivity contribution in [2.45, 2.75) is 0 Å². The summed E-state index contributed by atoms with van der Waals surface area (Å²) in [4.78, 5) is 2.21. The molecule has 9 aromatic rings. The Balaban J connectivity index is 1.11. The molecule has 0 aliphatic carbocycles. The molecular formula is C46H30Cl2N2. The van der Waals surface area contributed by atoms with E-state index in [0.29, 0.717) is 10.0 Å². The van der Waals surface area contributed by atoms with Crippen LogP contribution in [0.25, 0.3) is 60.5 Å². The van der Waals surface area contributed by atoms with Gasteiger partial charge in [-0.3, -0.25) is 0 Å². The number of anilines is 3. The molecule has 9 rings (SSSR count). The lowest BCUT2D eigenvalue weighted by Gasteiger charge is -2.25. The highest BCUT2D eigenvalue weighted by atomic mass is 35.5. The summed E-state index contributed by atoms with van der Waals surface area (Å²) in [5.41, 5.74) is 11.3. The predicted molar refractivity (Wildman–Crippen MR) is 214 cm³/mol. The molecular weight excluding hydrogens is 651 g/mol. The van der Waals surface area contributed by atoms with Crippen molar-refractivity contribution >= 4 is 72.8 Å². The first-order valence-electron chi connectivity index (χ1n) is 16.6. The first kappa shape index (κ1) is 30.3. The molecule has 0 saturated carbocycles. The molecule has 0 atom stereocenters. The van der Waals surface area contributed by atoms with E-state index in [9.17, 15) is 0 Å². The number of nitrogens with zero attached hydrogens (tertiary/aromatic N) is 2. The molecule has 1 aromatic heterocycles. The molecule has 0 spiro atoms. The van der Waals surface area contributed by atoms with Gasteiger partial charge in [0, 0.05) is 43.6 Å². The number of fused-ring (bicyclic) bond motifs is 4. The van der Waals surface area contributed by atoms with Crippen molar-refractivity contribution in [2.75, 3.05) is 4.90 Å². The van der Waals surface area contributed by atoms with Gasteiger partial charge in [-0.05, 0) is 130 Å². The molecule has 0 amide bonds. The van der Waals surface area contributed by atoms with Crippen molar-refractivity contribution < 1.29 is 0 Å². The Hall–Kier alpha value is -5.80. The van der Waals surface area contributed by atoms with Crippen LogP contribution in [0.3, 0.4) is 0 Å². The Labute approximate surface area is 301 Å². The van der Waals surface area contributed by atoms with Gasteiger partial charge >= 0.3 is 0 Å². The topological polar surface area (TPSA) is 8.17 Å². The highest BCUT2D eigenvalue weighted by Crippen LogP contribution is 2.39. The standard InChI is InChI=1S/C46H30Cl2N2/c47-37-17-23-40(24-18-37)49(41-25-19-38(48)20-26-41)39-21-14-32(15-22-39)36-16-27-46-44(30-36)43-10-3-4-11-45(43)50(46)42-9-5-8-34(29-42)35-13-12-31-6-1-2-7-33(31)28-35/h1-30H. The molecule has 2 nitrogen and oxygen atoms in total. The van der Waals surface area contributed by atoms with E-state index >= 15 is 0 Å². The van der Waals surface area contributed by atoms with Gasteiger partial charge in [-0.1, -0.05) is 108 Å². The zero-order valence-electron chi connectivity index (χ0n) is 27.0. The molecule has 0 saturated heterocycles. The number of halogens is 2. The predicted octanol–water partition coefficient (Wildman–Crippen LogP) is 14.0. The van der Waals surface area contributed by atoms with E-state index < -0.39 is 0 Å². The van der Waals surface area contributed by atoms with E-state index in [0.717, 1.165) is 28.3 Å². The van der Waals surface area contributed by atoms with Gasteiger partial charge in [0.25, 0.3) is 0 Å². The minimum Gasteiger partial charge on any atom is -0.311 e. The van der Waals surface area contributed by atoms with Gasteiger partial charge in [-0.25, -0.2) is 0 Å². The van der Waals surface area contributed by atoms with Crippen LogP contribution in [-0.2, 0) is 0 Å². The lowest BCUT2D eigenvalue weighted by atomic mass is 10.0. The molecule has 0 N–H and O–H groups in total. The molecule has 0 unspecified atom stereocenters. The first-order chi connectivity index (χ1) is 24.6. The van der Waals surface area contributed by atoms with Crippen LogP contribution in [0.4, 0.5) is 17.1 Å². The fourth-order valence-corrected chi connectivity index (χ4v) is 7.31. The van der Waals surface area contributed by atoms with Crippen LogP contribution in [0.15, 0.2) is 182 Å². The summed E-state index contributed by atoms with van der Waals surface area (Å²) in [7, 11) is 0. The van der Waals surface area contributed by atoms with Crippen LogP contribution in [0, 0.1) is 0 Å². The third kappa shape index (κ3) is 5.49. The quantitative estimate of drug-likeness (QED) is 0.170. The smallest absolute Gasteiger partial charge is 0.0541 e. The van der Waals surface area contributed by atoms with Crippen LogP contribution < -0.4 is 4.90 Å².